The molecule has 1 atom stereocenters. The van der Waals surface area contributed by atoms with E-state index in [1.807, 2.05) is 18.5 Å². The first-order valence-corrected chi connectivity index (χ1v) is 8.69. The van der Waals surface area contributed by atoms with Gasteiger partial charge < -0.3 is 9.26 Å². The van der Waals surface area contributed by atoms with Gasteiger partial charge in [0.2, 0.25) is 0 Å². The predicted octanol–water partition coefficient (Wildman–Crippen LogP) is 2.72. The number of hydrogen-bond acceptors (Lipinski definition) is 7. The smallest absolute Gasteiger partial charge is 0.255 e. The second kappa shape index (κ2) is 5.72. The number of thiazole rings is 1. The maximum absolute atomic E-state index is 6.34. The number of nitrogens with zero attached hydrogens (tertiary/aromatic N) is 4. The molecule has 2 aliphatic heterocycles. The van der Waals surface area contributed by atoms with Crippen LogP contribution in [0.5, 0.6) is 0 Å². The molecule has 6 nitrogen and oxygen atoms in total. The lowest BCUT2D eigenvalue weighted by Crippen LogP contribution is -2.43. The monoisotopic (exact) mass is 320 g/mol. The van der Waals surface area contributed by atoms with Crippen LogP contribution in [0.3, 0.4) is 0 Å². The highest BCUT2D eigenvalue weighted by atomic mass is 32.1. The number of hydrogen-bond donors (Lipinski definition) is 0. The maximum Gasteiger partial charge on any atom is 0.255 e. The van der Waals surface area contributed by atoms with Gasteiger partial charge in [-0.1, -0.05) is 5.16 Å². The normalized spacial score (nSPS) is 25.0. The Balaban J connectivity index is 1.35. The number of likely N-dealkylation sites (tertiary alicyclic amines) is 1. The molecular formula is C15H20N4O2S. The Hall–Kier alpha value is -1.31. The third-order valence-electron chi connectivity index (χ3n) is 4.68. The zero-order valence-electron chi connectivity index (χ0n) is 12.7. The minimum absolute atomic E-state index is 0.00637. The Bertz CT molecular complexity index is 619. The van der Waals surface area contributed by atoms with Crippen LogP contribution in [0, 0.1) is 6.92 Å². The molecule has 22 heavy (non-hydrogen) atoms. The largest absolute Gasteiger partial charge is 0.362 e. The summed E-state index contributed by atoms with van der Waals surface area (Å²) in [7, 11) is 0. The van der Waals surface area contributed by atoms with Crippen LogP contribution in [0.4, 0.5) is 0 Å². The molecule has 0 aromatic carbocycles. The first-order valence-electron chi connectivity index (χ1n) is 7.81. The van der Waals surface area contributed by atoms with Gasteiger partial charge in [0.15, 0.2) is 5.82 Å². The van der Waals surface area contributed by atoms with Crippen LogP contribution in [0.2, 0.25) is 0 Å². The SMILES string of the molecule is Cc1noc(C2CCC3(CCN(Cc4nccs4)CC3)O2)n1. The fourth-order valence-electron chi connectivity index (χ4n) is 3.44. The van der Waals surface area contributed by atoms with Crippen LogP contribution in [0.25, 0.3) is 0 Å². The summed E-state index contributed by atoms with van der Waals surface area (Å²) in [6.07, 6.45) is 6.07. The highest BCUT2D eigenvalue weighted by Crippen LogP contribution is 2.44. The molecule has 0 amide bonds. The van der Waals surface area contributed by atoms with Crippen molar-refractivity contribution in [2.75, 3.05) is 13.1 Å². The lowest BCUT2D eigenvalue weighted by atomic mass is 9.88. The van der Waals surface area contributed by atoms with E-state index in [9.17, 15) is 0 Å². The number of ether oxygens (including phenoxy) is 1. The van der Waals surface area contributed by atoms with Gasteiger partial charge in [-0.05, 0) is 32.6 Å². The van der Waals surface area contributed by atoms with E-state index >= 15 is 0 Å². The topological polar surface area (TPSA) is 64.3 Å². The van der Waals surface area contributed by atoms with Gasteiger partial charge in [0.1, 0.15) is 11.1 Å². The molecule has 2 saturated heterocycles. The molecule has 7 heteroatoms. The molecule has 4 heterocycles. The molecule has 1 unspecified atom stereocenters. The molecule has 0 aliphatic carbocycles. The van der Waals surface area contributed by atoms with Crippen LogP contribution >= 0.6 is 11.3 Å². The van der Waals surface area contributed by atoms with Gasteiger partial charge in [0.05, 0.1) is 12.1 Å². The lowest BCUT2D eigenvalue weighted by Gasteiger charge is -2.38. The Morgan fingerprint density at radius 1 is 1.36 bits per heavy atom. The van der Waals surface area contributed by atoms with Crippen molar-refractivity contribution in [3.8, 4) is 0 Å². The van der Waals surface area contributed by atoms with Gasteiger partial charge in [-0.25, -0.2) is 4.98 Å². The average molecular weight is 320 g/mol. The zero-order valence-corrected chi connectivity index (χ0v) is 13.5. The van der Waals surface area contributed by atoms with Gasteiger partial charge in [0, 0.05) is 24.7 Å². The third-order valence-corrected chi connectivity index (χ3v) is 5.45. The van der Waals surface area contributed by atoms with Gasteiger partial charge in [0.25, 0.3) is 5.89 Å². The Morgan fingerprint density at radius 2 is 2.23 bits per heavy atom. The van der Waals surface area contributed by atoms with Crippen molar-refractivity contribution < 1.29 is 9.26 Å². The molecule has 2 aromatic heterocycles. The molecule has 0 N–H and O–H groups in total. The highest BCUT2D eigenvalue weighted by Gasteiger charge is 2.44. The summed E-state index contributed by atoms with van der Waals surface area (Å²) in [5.41, 5.74) is 0.00637. The molecular weight excluding hydrogens is 300 g/mol. The van der Waals surface area contributed by atoms with Crippen LogP contribution in [0.1, 0.15) is 48.5 Å². The van der Waals surface area contributed by atoms with Crippen molar-refractivity contribution in [3.63, 3.8) is 0 Å². The maximum atomic E-state index is 6.34. The van der Waals surface area contributed by atoms with Gasteiger partial charge in [-0.3, -0.25) is 4.90 Å². The van der Waals surface area contributed by atoms with Gasteiger partial charge in [-0.2, -0.15) is 4.98 Å². The van der Waals surface area contributed by atoms with E-state index in [4.69, 9.17) is 9.26 Å². The van der Waals surface area contributed by atoms with Crippen LogP contribution in [-0.4, -0.2) is 38.7 Å². The van der Waals surface area contributed by atoms with Crippen LogP contribution in [0.15, 0.2) is 16.1 Å². The molecule has 0 bridgehead atoms. The molecule has 0 saturated carbocycles. The minimum Gasteiger partial charge on any atom is -0.362 e. The predicted molar refractivity (Wildman–Crippen MR) is 81.5 cm³/mol. The molecule has 2 aliphatic rings. The minimum atomic E-state index is -0.0216. The summed E-state index contributed by atoms with van der Waals surface area (Å²) in [5, 5.41) is 7.10. The Labute approximate surface area is 133 Å². The molecule has 4 rings (SSSR count). The quantitative estimate of drug-likeness (QED) is 0.866. The first kappa shape index (κ1) is 14.3. The number of piperidine rings is 1. The van der Waals surface area contributed by atoms with E-state index in [-0.39, 0.29) is 11.7 Å². The van der Waals surface area contributed by atoms with E-state index in [1.54, 1.807) is 11.3 Å². The summed E-state index contributed by atoms with van der Waals surface area (Å²) in [6.45, 7) is 4.93. The fraction of sp³-hybridized carbons (Fsp3) is 0.667. The highest BCUT2D eigenvalue weighted by molar-refractivity contribution is 7.09. The van der Waals surface area contributed by atoms with Crippen molar-refractivity contribution in [1.29, 1.82) is 0 Å². The van der Waals surface area contributed by atoms with E-state index in [0.29, 0.717) is 11.7 Å². The van der Waals surface area contributed by atoms with Crippen molar-refractivity contribution in [2.45, 2.75) is 50.9 Å². The third kappa shape index (κ3) is 2.80. The summed E-state index contributed by atoms with van der Waals surface area (Å²) in [5.74, 6) is 1.32. The second-order valence-corrected chi connectivity index (χ2v) is 7.19. The molecule has 2 fully saturated rings. The fourth-order valence-corrected chi connectivity index (χ4v) is 4.10. The van der Waals surface area contributed by atoms with Crippen molar-refractivity contribution in [3.05, 3.63) is 28.3 Å². The molecule has 0 radical (unpaired) electrons. The number of rotatable bonds is 3. The summed E-state index contributed by atoms with van der Waals surface area (Å²) in [4.78, 5) is 11.2. The summed E-state index contributed by atoms with van der Waals surface area (Å²) in [6, 6.07) is 0. The van der Waals surface area contributed by atoms with Gasteiger partial charge in [-0.15, -0.1) is 11.3 Å². The van der Waals surface area contributed by atoms with Crippen molar-refractivity contribution in [2.24, 2.45) is 0 Å². The Morgan fingerprint density at radius 3 is 2.91 bits per heavy atom. The molecule has 118 valence electrons. The number of aromatic nitrogens is 3. The average Bonchev–Trinajstić information content (AvgIpc) is 3.24. The summed E-state index contributed by atoms with van der Waals surface area (Å²) >= 11 is 1.73. The second-order valence-electron chi connectivity index (χ2n) is 6.21. The van der Waals surface area contributed by atoms with Crippen LogP contribution < -0.4 is 0 Å². The van der Waals surface area contributed by atoms with E-state index in [1.165, 1.54) is 5.01 Å². The Kier molecular flexibility index (Phi) is 3.71. The standard InChI is InChI=1S/C15H20N4O2S/c1-11-17-14(21-18-11)12-2-3-15(20-12)4-7-19(8-5-15)10-13-16-6-9-22-13/h6,9,12H,2-5,7-8,10H2,1H3. The van der Waals surface area contributed by atoms with Gasteiger partial charge >= 0.3 is 0 Å². The lowest BCUT2D eigenvalue weighted by molar-refractivity contribution is -0.0869. The first-order chi connectivity index (χ1) is 10.7. The van der Waals surface area contributed by atoms with E-state index in [2.05, 4.69) is 20.0 Å². The molecule has 1 spiro atoms. The van der Waals surface area contributed by atoms with E-state index < -0.39 is 0 Å². The van der Waals surface area contributed by atoms with Crippen molar-refractivity contribution >= 4 is 11.3 Å². The van der Waals surface area contributed by atoms with Crippen LogP contribution in [-0.2, 0) is 11.3 Å². The molecule has 2 aromatic rings. The summed E-state index contributed by atoms with van der Waals surface area (Å²) < 4.78 is 11.6. The van der Waals surface area contributed by atoms with Crippen molar-refractivity contribution in [1.82, 2.24) is 20.0 Å². The zero-order chi connectivity index (χ0) is 15.0. The van der Waals surface area contributed by atoms with E-state index in [0.717, 1.165) is 45.3 Å². The number of aryl methyl sites for hydroxylation is 1.